The summed E-state index contributed by atoms with van der Waals surface area (Å²) in [5.74, 6) is 0.826. The van der Waals surface area contributed by atoms with Crippen molar-refractivity contribution in [3.8, 4) is 5.75 Å². The summed E-state index contributed by atoms with van der Waals surface area (Å²) in [4.78, 5) is 27.0. The summed E-state index contributed by atoms with van der Waals surface area (Å²) >= 11 is 0. The molecule has 0 aliphatic carbocycles. The van der Waals surface area contributed by atoms with Crippen molar-refractivity contribution in [1.29, 1.82) is 0 Å². The normalized spacial score (nSPS) is 19.0. The molecule has 2 aliphatic rings. The number of methoxy groups -OCH3 is 1. The first-order valence-corrected chi connectivity index (χ1v) is 7.56. The number of carbonyl (C=O) groups excluding carboxylic acids is 1. The Labute approximate surface area is 129 Å². The molecule has 6 heteroatoms. The molecule has 1 aromatic rings. The molecule has 1 saturated heterocycles. The van der Waals surface area contributed by atoms with E-state index in [1.807, 2.05) is 23.1 Å². The smallest absolute Gasteiger partial charge is 0.407 e. The number of ether oxygens (including phenoxy) is 1. The molecular formula is C16H20N2O4. The average molecular weight is 304 g/mol. The van der Waals surface area contributed by atoms with Gasteiger partial charge in [0.25, 0.3) is 5.91 Å². The third kappa shape index (κ3) is 2.61. The number of nitrogens with zero attached hydrogens (tertiary/aromatic N) is 2. The average Bonchev–Trinajstić information content (AvgIpc) is 2.55. The van der Waals surface area contributed by atoms with Gasteiger partial charge in [-0.2, -0.15) is 0 Å². The third-order valence-corrected chi connectivity index (χ3v) is 4.60. The van der Waals surface area contributed by atoms with Crippen LogP contribution in [0.5, 0.6) is 5.75 Å². The largest absolute Gasteiger partial charge is 0.497 e. The zero-order valence-electron chi connectivity index (χ0n) is 12.6. The topological polar surface area (TPSA) is 70.1 Å². The lowest BCUT2D eigenvalue weighted by molar-refractivity contribution is 0.0554. The first-order valence-electron chi connectivity index (χ1n) is 7.56. The molecule has 3 rings (SSSR count). The number of carboxylic acid groups (broad SMARTS) is 1. The Balaban J connectivity index is 1.72. The van der Waals surface area contributed by atoms with E-state index in [1.54, 1.807) is 7.11 Å². The second-order valence-electron chi connectivity index (χ2n) is 5.77. The summed E-state index contributed by atoms with van der Waals surface area (Å²) in [6.45, 7) is 1.69. The summed E-state index contributed by atoms with van der Waals surface area (Å²) in [5.41, 5.74) is 1.77. The van der Waals surface area contributed by atoms with Gasteiger partial charge in [-0.15, -0.1) is 0 Å². The van der Waals surface area contributed by atoms with Crippen LogP contribution in [0.25, 0.3) is 0 Å². The van der Waals surface area contributed by atoms with Crippen LogP contribution in [0.15, 0.2) is 18.2 Å². The van der Waals surface area contributed by atoms with Gasteiger partial charge in [0, 0.05) is 31.2 Å². The predicted molar refractivity (Wildman–Crippen MR) is 80.4 cm³/mol. The maximum atomic E-state index is 12.7. The molecule has 0 bridgehead atoms. The van der Waals surface area contributed by atoms with Crippen LogP contribution in [0.2, 0.25) is 0 Å². The van der Waals surface area contributed by atoms with Gasteiger partial charge in [0.05, 0.1) is 7.11 Å². The van der Waals surface area contributed by atoms with Crippen molar-refractivity contribution in [2.24, 2.45) is 0 Å². The molecule has 1 fully saturated rings. The van der Waals surface area contributed by atoms with Crippen molar-refractivity contribution in [1.82, 2.24) is 9.80 Å². The lowest BCUT2D eigenvalue weighted by Gasteiger charge is -2.39. The van der Waals surface area contributed by atoms with Crippen LogP contribution in [0.4, 0.5) is 4.79 Å². The number of likely N-dealkylation sites (tertiary alicyclic amines) is 1. The van der Waals surface area contributed by atoms with Crippen LogP contribution < -0.4 is 4.74 Å². The van der Waals surface area contributed by atoms with Gasteiger partial charge in [-0.05, 0) is 43.0 Å². The fourth-order valence-corrected chi connectivity index (χ4v) is 3.33. The van der Waals surface area contributed by atoms with E-state index in [0.717, 1.165) is 23.3 Å². The fraction of sp³-hybridized carbons (Fsp3) is 0.500. The van der Waals surface area contributed by atoms with E-state index in [2.05, 4.69) is 0 Å². The molecule has 2 heterocycles. The van der Waals surface area contributed by atoms with Gasteiger partial charge in [0.1, 0.15) is 5.75 Å². The highest BCUT2D eigenvalue weighted by molar-refractivity contribution is 5.97. The van der Waals surface area contributed by atoms with Gasteiger partial charge in [-0.25, -0.2) is 4.79 Å². The minimum absolute atomic E-state index is 0.0534. The molecule has 0 atom stereocenters. The second kappa shape index (κ2) is 5.87. The van der Waals surface area contributed by atoms with Gasteiger partial charge in [0.2, 0.25) is 0 Å². The summed E-state index contributed by atoms with van der Waals surface area (Å²) in [5, 5.41) is 9.00. The van der Waals surface area contributed by atoms with E-state index in [0.29, 0.717) is 32.5 Å². The zero-order chi connectivity index (χ0) is 15.7. The highest BCUT2D eigenvalue weighted by Crippen LogP contribution is 2.27. The summed E-state index contributed by atoms with van der Waals surface area (Å²) < 4.78 is 5.21. The Morgan fingerprint density at radius 2 is 2.00 bits per heavy atom. The van der Waals surface area contributed by atoms with E-state index in [-0.39, 0.29) is 11.9 Å². The lowest BCUT2D eigenvalue weighted by Crippen LogP contribution is -2.50. The maximum absolute atomic E-state index is 12.7. The predicted octanol–water partition coefficient (Wildman–Crippen LogP) is 1.84. The van der Waals surface area contributed by atoms with Crippen LogP contribution >= 0.6 is 0 Å². The van der Waals surface area contributed by atoms with Crippen molar-refractivity contribution in [3.63, 3.8) is 0 Å². The Morgan fingerprint density at radius 3 is 2.64 bits per heavy atom. The number of benzene rings is 1. The van der Waals surface area contributed by atoms with Gasteiger partial charge >= 0.3 is 6.09 Å². The first kappa shape index (κ1) is 14.7. The number of fused-ring (bicyclic) bond motifs is 1. The van der Waals surface area contributed by atoms with Gasteiger partial charge in [-0.1, -0.05) is 0 Å². The molecule has 2 amide bonds. The third-order valence-electron chi connectivity index (χ3n) is 4.60. The molecule has 0 spiro atoms. The second-order valence-corrected chi connectivity index (χ2v) is 5.77. The zero-order valence-corrected chi connectivity index (χ0v) is 12.6. The number of hydrogen-bond donors (Lipinski definition) is 1. The van der Waals surface area contributed by atoms with E-state index in [1.165, 1.54) is 4.90 Å². The molecular weight excluding hydrogens is 284 g/mol. The molecule has 1 aromatic carbocycles. The van der Waals surface area contributed by atoms with Crippen LogP contribution in [0, 0.1) is 0 Å². The molecule has 22 heavy (non-hydrogen) atoms. The molecule has 0 unspecified atom stereocenters. The van der Waals surface area contributed by atoms with Crippen LogP contribution in [0.1, 0.15) is 28.8 Å². The standard InChI is InChI=1S/C16H20N2O4/c1-22-13-2-3-14-11(10-13)4-9-18(15(14)19)12-5-7-17(8-6-12)16(20)21/h2-3,10,12H,4-9H2,1H3,(H,20,21). The van der Waals surface area contributed by atoms with Gasteiger partial charge in [-0.3, -0.25) is 4.79 Å². The molecule has 2 aliphatic heterocycles. The Hall–Kier alpha value is -2.24. The van der Waals surface area contributed by atoms with Crippen molar-refractivity contribution in [2.75, 3.05) is 26.7 Å². The van der Waals surface area contributed by atoms with Crippen LogP contribution in [-0.4, -0.2) is 59.7 Å². The molecule has 6 nitrogen and oxygen atoms in total. The van der Waals surface area contributed by atoms with Crippen molar-refractivity contribution in [2.45, 2.75) is 25.3 Å². The highest BCUT2D eigenvalue weighted by Gasteiger charge is 2.33. The summed E-state index contributed by atoms with van der Waals surface area (Å²) in [6, 6.07) is 5.71. The monoisotopic (exact) mass is 304 g/mol. The number of amides is 2. The maximum Gasteiger partial charge on any atom is 0.407 e. The van der Waals surface area contributed by atoms with Crippen LogP contribution in [-0.2, 0) is 6.42 Å². The quantitative estimate of drug-likeness (QED) is 0.905. The summed E-state index contributed by atoms with van der Waals surface area (Å²) in [7, 11) is 1.62. The Bertz CT molecular complexity index is 594. The summed E-state index contributed by atoms with van der Waals surface area (Å²) in [6.07, 6.45) is 1.37. The highest BCUT2D eigenvalue weighted by atomic mass is 16.5. The SMILES string of the molecule is COc1ccc2c(c1)CCN(C1CCN(C(=O)O)CC1)C2=O. The van der Waals surface area contributed by atoms with Crippen molar-refractivity contribution < 1.29 is 19.4 Å². The van der Waals surface area contributed by atoms with E-state index in [9.17, 15) is 9.59 Å². The fourth-order valence-electron chi connectivity index (χ4n) is 3.33. The minimum atomic E-state index is -0.874. The molecule has 0 saturated carbocycles. The number of rotatable bonds is 2. The van der Waals surface area contributed by atoms with Crippen molar-refractivity contribution in [3.05, 3.63) is 29.3 Å². The van der Waals surface area contributed by atoms with E-state index >= 15 is 0 Å². The van der Waals surface area contributed by atoms with Gasteiger partial charge in [0.15, 0.2) is 0 Å². The number of carbonyl (C=O) groups is 2. The Kier molecular flexibility index (Phi) is 3.92. The molecule has 0 aromatic heterocycles. The first-order chi connectivity index (χ1) is 10.6. The minimum Gasteiger partial charge on any atom is -0.497 e. The number of hydrogen-bond acceptors (Lipinski definition) is 3. The lowest BCUT2D eigenvalue weighted by atomic mass is 9.94. The number of piperidine rings is 1. The van der Waals surface area contributed by atoms with E-state index < -0.39 is 6.09 Å². The van der Waals surface area contributed by atoms with Crippen LogP contribution in [0.3, 0.4) is 0 Å². The molecule has 1 N–H and O–H groups in total. The molecule has 0 radical (unpaired) electrons. The Morgan fingerprint density at radius 1 is 1.27 bits per heavy atom. The van der Waals surface area contributed by atoms with E-state index in [4.69, 9.17) is 9.84 Å². The van der Waals surface area contributed by atoms with Gasteiger partial charge < -0.3 is 19.6 Å². The van der Waals surface area contributed by atoms with Crippen molar-refractivity contribution >= 4 is 12.0 Å². The molecule has 118 valence electrons.